The van der Waals surface area contributed by atoms with Crippen LogP contribution in [0.3, 0.4) is 0 Å². The minimum absolute atomic E-state index is 0.00132. The first-order valence-corrected chi connectivity index (χ1v) is 7.87. The van der Waals surface area contributed by atoms with Gasteiger partial charge in [0.2, 0.25) is 0 Å². The second-order valence-corrected chi connectivity index (χ2v) is 5.95. The molecule has 0 unspecified atom stereocenters. The molecule has 1 fully saturated rings. The van der Waals surface area contributed by atoms with Crippen LogP contribution in [0.15, 0.2) is 12.1 Å². The van der Waals surface area contributed by atoms with Crippen LogP contribution in [-0.4, -0.2) is 37.0 Å². The Morgan fingerprint density at radius 2 is 2.14 bits per heavy atom. The number of rotatable bonds is 7. The number of nitrogens with one attached hydrogen (secondary N) is 1. The standard InChI is InChI=1S/C15H20Cl2N2O2/c1-3-19(12-4-5-12)14(20)9-21-15-10(8-18-2)6-11(16)7-13(15)17/h6-7,12,18H,3-5,8-9H2,1-2H3. The smallest absolute Gasteiger partial charge is 0.260 e. The average Bonchev–Trinajstić information content (AvgIpc) is 3.23. The van der Waals surface area contributed by atoms with Crippen LogP contribution in [0.2, 0.25) is 10.0 Å². The summed E-state index contributed by atoms with van der Waals surface area (Å²) in [6.45, 7) is 3.27. The van der Waals surface area contributed by atoms with Crippen molar-refractivity contribution < 1.29 is 9.53 Å². The number of benzene rings is 1. The molecule has 0 bridgehead atoms. The zero-order chi connectivity index (χ0) is 15.4. The largest absolute Gasteiger partial charge is 0.482 e. The summed E-state index contributed by atoms with van der Waals surface area (Å²) in [5.41, 5.74) is 0.845. The van der Waals surface area contributed by atoms with E-state index < -0.39 is 0 Å². The Hall–Kier alpha value is -0.970. The fraction of sp³-hybridized carbons (Fsp3) is 0.533. The highest BCUT2D eigenvalue weighted by Crippen LogP contribution is 2.33. The van der Waals surface area contributed by atoms with Crippen LogP contribution >= 0.6 is 23.2 Å². The molecule has 0 heterocycles. The third kappa shape index (κ3) is 4.25. The zero-order valence-corrected chi connectivity index (χ0v) is 13.8. The lowest BCUT2D eigenvalue weighted by Crippen LogP contribution is -2.36. The molecule has 1 aliphatic carbocycles. The molecule has 21 heavy (non-hydrogen) atoms. The van der Waals surface area contributed by atoms with Gasteiger partial charge in [-0.2, -0.15) is 0 Å². The van der Waals surface area contributed by atoms with Crippen LogP contribution in [0.4, 0.5) is 0 Å². The third-order valence-electron chi connectivity index (χ3n) is 3.44. The summed E-state index contributed by atoms with van der Waals surface area (Å²) < 4.78 is 5.68. The third-order valence-corrected chi connectivity index (χ3v) is 3.94. The summed E-state index contributed by atoms with van der Waals surface area (Å²) in [6.07, 6.45) is 2.18. The van der Waals surface area contributed by atoms with Crippen molar-refractivity contribution in [1.82, 2.24) is 10.2 Å². The monoisotopic (exact) mass is 330 g/mol. The van der Waals surface area contributed by atoms with E-state index in [1.54, 1.807) is 12.1 Å². The molecule has 0 aromatic heterocycles. The highest BCUT2D eigenvalue weighted by atomic mass is 35.5. The number of carbonyl (C=O) groups is 1. The number of carbonyl (C=O) groups excluding carboxylic acids is 1. The van der Waals surface area contributed by atoms with Gasteiger partial charge in [0.15, 0.2) is 6.61 Å². The summed E-state index contributed by atoms with van der Waals surface area (Å²) >= 11 is 12.2. The van der Waals surface area contributed by atoms with Gasteiger partial charge in [0.1, 0.15) is 5.75 Å². The van der Waals surface area contributed by atoms with Crippen molar-refractivity contribution in [3.05, 3.63) is 27.7 Å². The van der Waals surface area contributed by atoms with E-state index in [0.717, 1.165) is 18.4 Å². The average molecular weight is 331 g/mol. The van der Waals surface area contributed by atoms with Crippen molar-refractivity contribution >= 4 is 29.1 Å². The number of amides is 1. The van der Waals surface area contributed by atoms with Crippen molar-refractivity contribution in [2.45, 2.75) is 32.4 Å². The maximum Gasteiger partial charge on any atom is 0.260 e. The van der Waals surface area contributed by atoms with Gasteiger partial charge in [-0.3, -0.25) is 4.79 Å². The van der Waals surface area contributed by atoms with Crippen LogP contribution in [0.1, 0.15) is 25.3 Å². The molecule has 0 spiro atoms. The van der Waals surface area contributed by atoms with Gasteiger partial charge in [-0.15, -0.1) is 0 Å². The summed E-state index contributed by atoms with van der Waals surface area (Å²) in [4.78, 5) is 14.1. The number of hydrogen-bond acceptors (Lipinski definition) is 3. The Balaban J connectivity index is 2.06. The summed E-state index contributed by atoms with van der Waals surface area (Å²) in [7, 11) is 1.83. The van der Waals surface area contributed by atoms with Crippen LogP contribution in [0, 0.1) is 0 Å². The van der Waals surface area contributed by atoms with E-state index in [2.05, 4.69) is 5.32 Å². The van der Waals surface area contributed by atoms with Gasteiger partial charge >= 0.3 is 0 Å². The first-order valence-electron chi connectivity index (χ1n) is 7.11. The van der Waals surface area contributed by atoms with Crippen LogP contribution in [-0.2, 0) is 11.3 Å². The number of hydrogen-bond donors (Lipinski definition) is 1. The molecule has 0 atom stereocenters. The lowest BCUT2D eigenvalue weighted by Gasteiger charge is -2.21. The molecule has 2 rings (SSSR count). The number of nitrogens with zero attached hydrogens (tertiary/aromatic N) is 1. The Morgan fingerprint density at radius 3 is 2.71 bits per heavy atom. The van der Waals surface area contributed by atoms with Gasteiger partial charge in [0, 0.05) is 29.7 Å². The van der Waals surface area contributed by atoms with Crippen molar-refractivity contribution in [1.29, 1.82) is 0 Å². The van der Waals surface area contributed by atoms with E-state index in [-0.39, 0.29) is 12.5 Å². The van der Waals surface area contributed by atoms with E-state index in [1.807, 2.05) is 18.9 Å². The second-order valence-electron chi connectivity index (χ2n) is 5.11. The van der Waals surface area contributed by atoms with Crippen molar-refractivity contribution in [3.63, 3.8) is 0 Å². The molecule has 6 heteroatoms. The van der Waals surface area contributed by atoms with E-state index >= 15 is 0 Å². The SMILES string of the molecule is CCN(C(=O)COc1c(Cl)cc(Cl)cc1CNC)C1CC1. The molecule has 0 radical (unpaired) electrons. The van der Waals surface area contributed by atoms with E-state index in [0.29, 0.717) is 34.9 Å². The lowest BCUT2D eigenvalue weighted by atomic mass is 10.2. The van der Waals surface area contributed by atoms with Gasteiger partial charge in [-0.1, -0.05) is 23.2 Å². The van der Waals surface area contributed by atoms with Gasteiger partial charge in [-0.25, -0.2) is 0 Å². The highest BCUT2D eigenvalue weighted by Gasteiger charge is 2.31. The lowest BCUT2D eigenvalue weighted by molar-refractivity contribution is -0.133. The van der Waals surface area contributed by atoms with Crippen molar-refractivity contribution in [3.8, 4) is 5.75 Å². The molecule has 1 N–H and O–H groups in total. The minimum Gasteiger partial charge on any atom is -0.482 e. The van der Waals surface area contributed by atoms with Crippen molar-refractivity contribution in [2.75, 3.05) is 20.2 Å². The summed E-state index contributed by atoms with van der Waals surface area (Å²) in [5.74, 6) is 0.525. The molecular weight excluding hydrogens is 311 g/mol. The van der Waals surface area contributed by atoms with E-state index in [4.69, 9.17) is 27.9 Å². The molecular formula is C15H20Cl2N2O2. The molecule has 1 saturated carbocycles. The molecule has 1 aliphatic rings. The van der Waals surface area contributed by atoms with Crippen molar-refractivity contribution in [2.24, 2.45) is 0 Å². The predicted molar refractivity (Wildman–Crippen MR) is 85.1 cm³/mol. The maximum atomic E-state index is 12.2. The van der Waals surface area contributed by atoms with Gasteiger partial charge in [-0.05, 0) is 38.9 Å². The molecule has 0 saturated heterocycles. The Morgan fingerprint density at radius 1 is 1.43 bits per heavy atom. The maximum absolute atomic E-state index is 12.2. The van der Waals surface area contributed by atoms with Gasteiger partial charge in [0.05, 0.1) is 5.02 Å². The van der Waals surface area contributed by atoms with E-state index in [1.165, 1.54) is 0 Å². The number of halogens is 2. The highest BCUT2D eigenvalue weighted by molar-refractivity contribution is 6.35. The Bertz CT molecular complexity index is 519. The topological polar surface area (TPSA) is 41.6 Å². The zero-order valence-electron chi connectivity index (χ0n) is 12.3. The minimum atomic E-state index is 0.00132. The quantitative estimate of drug-likeness (QED) is 0.835. The second kappa shape index (κ2) is 7.34. The fourth-order valence-electron chi connectivity index (χ4n) is 2.34. The molecule has 1 amide bonds. The fourth-order valence-corrected chi connectivity index (χ4v) is 2.93. The summed E-state index contributed by atoms with van der Waals surface area (Å²) in [6, 6.07) is 3.81. The molecule has 0 aliphatic heterocycles. The number of ether oxygens (including phenoxy) is 1. The van der Waals surface area contributed by atoms with Gasteiger partial charge < -0.3 is 15.0 Å². The predicted octanol–water partition coefficient (Wildman–Crippen LogP) is 3.10. The number of likely N-dealkylation sites (N-methyl/N-ethyl adjacent to an activating group) is 1. The van der Waals surface area contributed by atoms with Gasteiger partial charge in [0.25, 0.3) is 5.91 Å². The summed E-state index contributed by atoms with van der Waals surface area (Å²) in [5, 5.41) is 4.01. The molecule has 116 valence electrons. The first-order chi connectivity index (χ1) is 10.1. The normalized spacial score (nSPS) is 14.1. The Labute approximate surface area is 135 Å². The molecule has 4 nitrogen and oxygen atoms in total. The Kier molecular flexibility index (Phi) is 5.73. The van der Waals surface area contributed by atoms with Crippen LogP contribution in [0.5, 0.6) is 5.75 Å². The molecule has 1 aromatic carbocycles. The van der Waals surface area contributed by atoms with Crippen LogP contribution < -0.4 is 10.1 Å². The van der Waals surface area contributed by atoms with E-state index in [9.17, 15) is 4.79 Å². The molecule has 1 aromatic rings. The first kappa shape index (κ1) is 16.4. The van der Waals surface area contributed by atoms with Crippen LogP contribution in [0.25, 0.3) is 0 Å².